The van der Waals surface area contributed by atoms with Gasteiger partial charge in [0.15, 0.2) is 11.5 Å². The number of rotatable bonds is 7. The average molecular weight is 448 g/mol. The van der Waals surface area contributed by atoms with E-state index in [1.165, 1.54) is 11.3 Å². The van der Waals surface area contributed by atoms with Gasteiger partial charge in [0.05, 0.1) is 37.7 Å². The molecule has 0 unspecified atom stereocenters. The Bertz CT molecular complexity index is 959. The molecule has 1 aromatic heterocycles. The Kier molecular flexibility index (Phi) is 6.31. The van der Waals surface area contributed by atoms with Crippen LogP contribution in [0.25, 0.3) is 11.3 Å². The van der Waals surface area contributed by atoms with Gasteiger partial charge >= 0.3 is 0 Å². The molecule has 0 aliphatic carbocycles. The van der Waals surface area contributed by atoms with Crippen LogP contribution in [0.1, 0.15) is 5.56 Å². The van der Waals surface area contributed by atoms with Crippen molar-refractivity contribution in [3.05, 3.63) is 51.8 Å². The van der Waals surface area contributed by atoms with Crippen LogP contribution in [-0.2, 0) is 0 Å². The molecule has 2 aromatic carbocycles. The Morgan fingerprint density at radius 2 is 1.81 bits per heavy atom. The quantitative estimate of drug-likeness (QED) is 0.405. The van der Waals surface area contributed by atoms with E-state index in [9.17, 15) is 0 Å². The summed E-state index contributed by atoms with van der Waals surface area (Å²) >= 11 is 4.99. The van der Waals surface area contributed by atoms with Gasteiger partial charge in [0.2, 0.25) is 5.13 Å². The fourth-order valence-electron chi connectivity index (χ4n) is 2.47. The number of ether oxygens (including phenoxy) is 3. The monoisotopic (exact) mass is 447 g/mol. The second-order valence-corrected chi connectivity index (χ2v) is 6.96. The summed E-state index contributed by atoms with van der Waals surface area (Å²) in [5, 5.41) is 6.91. The van der Waals surface area contributed by atoms with Gasteiger partial charge in [-0.1, -0.05) is 12.1 Å². The number of para-hydroxylation sites is 1. The molecule has 0 fully saturated rings. The van der Waals surface area contributed by atoms with E-state index in [-0.39, 0.29) is 0 Å². The SMILES string of the molecule is COc1ccccc1-c1csc(N/N=C\c2ccc(OC)c(OC)c2Br)n1. The molecule has 0 saturated heterocycles. The topological polar surface area (TPSA) is 65.0 Å². The van der Waals surface area contributed by atoms with Crippen molar-refractivity contribution in [2.45, 2.75) is 0 Å². The van der Waals surface area contributed by atoms with Crippen LogP contribution in [0.15, 0.2) is 51.4 Å². The lowest BCUT2D eigenvalue weighted by atomic mass is 10.1. The molecular formula is C19H18BrN3O3S. The lowest BCUT2D eigenvalue weighted by molar-refractivity contribution is 0.353. The molecule has 3 aromatic rings. The number of hydrazone groups is 1. The minimum atomic E-state index is 0.620. The number of aromatic nitrogens is 1. The minimum Gasteiger partial charge on any atom is -0.496 e. The zero-order chi connectivity index (χ0) is 19.2. The predicted octanol–water partition coefficient (Wildman–Crippen LogP) is 5.04. The molecule has 3 rings (SSSR count). The molecule has 0 amide bonds. The van der Waals surface area contributed by atoms with Gasteiger partial charge in [-0.2, -0.15) is 5.10 Å². The van der Waals surface area contributed by atoms with Crippen LogP contribution in [0.4, 0.5) is 5.13 Å². The first kappa shape index (κ1) is 19.2. The lowest BCUT2D eigenvalue weighted by Crippen LogP contribution is -1.96. The van der Waals surface area contributed by atoms with Crippen LogP contribution in [0, 0.1) is 0 Å². The molecular weight excluding hydrogens is 430 g/mol. The van der Waals surface area contributed by atoms with E-state index in [0.29, 0.717) is 16.6 Å². The van der Waals surface area contributed by atoms with Crippen LogP contribution in [-0.4, -0.2) is 32.5 Å². The Hall–Kier alpha value is -2.58. The van der Waals surface area contributed by atoms with E-state index >= 15 is 0 Å². The maximum Gasteiger partial charge on any atom is 0.203 e. The highest BCUT2D eigenvalue weighted by Gasteiger charge is 2.12. The summed E-state index contributed by atoms with van der Waals surface area (Å²) in [4.78, 5) is 4.56. The molecule has 27 heavy (non-hydrogen) atoms. The highest BCUT2D eigenvalue weighted by molar-refractivity contribution is 9.10. The lowest BCUT2D eigenvalue weighted by Gasteiger charge is -2.10. The van der Waals surface area contributed by atoms with Gasteiger partial charge in [0, 0.05) is 16.5 Å². The van der Waals surface area contributed by atoms with Gasteiger partial charge < -0.3 is 14.2 Å². The zero-order valence-corrected chi connectivity index (χ0v) is 17.4. The third-order valence-electron chi connectivity index (χ3n) is 3.77. The van der Waals surface area contributed by atoms with Crippen molar-refractivity contribution >= 4 is 38.6 Å². The van der Waals surface area contributed by atoms with E-state index in [1.54, 1.807) is 27.5 Å². The summed E-state index contributed by atoms with van der Waals surface area (Å²) in [6, 6.07) is 11.5. The van der Waals surface area contributed by atoms with Gasteiger partial charge in [-0.25, -0.2) is 4.98 Å². The average Bonchev–Trinajstić information content (AvgIpc) is 3.17. The predicted molar refractivity (Wildman–Crippen MR) is 113 cm³/mol. The van der Waals surface area contributed by atoms with Crippen molar-refractivity contribution in [3.63, 3.8) is 0 Å². The Morgan fingerprint density at radius 1 is 1.04 bits per heavy atom. The molecule has 0 saturated carbocycles. The number of hydrogen-bond donors (Lipinski definition) is 1. The van der Waals surface area contributed by atoms with Crippen molar-refractivity contribution in [1.82, 2.24) is 4.98 Å². The smallest absolute Gasteiger partial charge is 0.203 e. The van der Waals surface area contributed by atoms with Crippen molar-refractivity contribution in [1.29, 1.82) is 0 Å². The van der Waals surface area contributed by atoms with E-state index in [0.717, 1.165) is 27.0 Å². The van der Waals surface area contributed by atoms with Gasteiger partial charge in [0.25, 0.3) is 0 Å². The molecule has 0 atom stereocenters. The maximum atomic E-state index is 5.39. The van der Waals surface area contributed by atoms with Gasteiger partial charge in [-0.3, -0.25) is 5.43 Å². The summed E-state index contributed by atoms with van der Waals surface area (Å²) in [7, 11) is 4.84. The van der Waals surface area contributed by atoms with Gasteiger partial charge in [-0.05, 0) is 40.2 Å². The third kappa shape index (κ3) is 4.23. The first-order valence-corrected chi connectivity index (χ1v) is 9.63. The maximum absolute atomic E-state index is 5.39. The molecule has 0 aliphatic rings. The molecule has 0 bridgehead atoms. The van der Waals surface area contributed by atoms with Crippen molar-refractivity contribution in [2.75, 3.05) is 26.8 Å². The molecule has 6 nitrogen and oxygen atoms in total. The van der Waals surface area contributed by atoms with E-state index in [4.69, 9.17) is 14.2 Å². The van der Waals surface area contributed by atoms with Crippen LogP contribution in [0.3, 0.4) is 0 Å². The molecule has 140 valence electrons. The van der Waals surface area contributed by atoms with Crippen LogP contribution >= 0.6 is 27.3 Å². The minimum absolute atomic E-state index is 0.620. The Morgan fingerprint density at radius 3 is 2.56 bits per heavy atom. The number of anilines is 1. The fourth-order valence-corrected chi connectivity index (χ4v) is 3.72. The Balaban J connectivity index is 1.76. The molecule has 0 spiro atoms. The second kappa shape index (κ2) is 8.88. The van der Waals surface area contributed by atoms with E-state index in [1.807, 2.05) is 41.8 Å². The zero-order valence-electron chi connectivity index (χ0n) is 15.0. The number of nitrogens with one attached hydrogen (secondary N) is 1. The van der Waals surface area contributed by atoms with Gasteiger partial charge in [0.1, 0.15) is 5.75 Å². The standard InChI is InChI=1S/C19H18BrN3O3S/c1-24-15-7-5-4-6-13(15)14-11-27-19(22-14)23-21-10-12-8-9-16(25-2)18(26-3)17(12)20/h4-11H,1-3H3,(H,22,23)/b21-10-. The number of thiazole rings is 1. The summed E-state index contributed by atoms with van der Waals surface area (Å²) in [5.41, 5.74) is 5.58. The van der Waals surface area contributed by atoms with Crippen molar-refractivity contribution < 1.29 is 14.2 Å². The van der Waals surface area contributed by atoms with Crippen LogP contribution < -0.4 is 19.6 Å². The van der Waals surface area contributed by atoms with Crippen molar-refractivity contribution in [3.8, 4) is 28.5 Å². The van der Waals surface area contributed by atoms with Crippen LogP contribution in [0.5, 0.6) is 17.2 Å². The summed E-state index contributed by atoms with van der Waals surface area (Å²) < 4.78 is 16.8. The fraction of sp³-hybridized carbons (Fsp3) is 0.158. The molecule has 0 aliphatic heterocycles. The highest BCUT2D eigenvalue weighted by Crippen LogP contribution is 2.37. The third-order valence-corrected chi connectivity index (χ3v) is 5.33. The van der Waals surface area contributed by atoms with Crippen molar-refractivity contribution in [2.24, 2.45) is 5.10 Å². The number of benzene rings is 2. The van der Waals surface area contributed by atoms with Gasteiger partial charge in [-0.15, -0.1) is 11.3 Å². The number of hydrogen-bond acceptors (Lipinski definition) is 7. The van der Waals surface area contributed by atoms with E-state index in [2.05, 4.69) is 31.4 Å². The molecule has 1 N–H and O–H groups in total. The molecule has 0 radical (unpaired) electrons. The number of nitrogens with zero attached hydrogens (tertiary/aromatic N) is 2. The van der Waals surface area contributed by atoms with E-state index < -0.39 is 0 Å². The first-order chi connectivity index (χ1) is 13.2. The molecule has 8 heteroatoms. The van der Waals surface area contributed by atoms with Crippen LogP contribution in [0.2, 0.25) is 0 Å². The summed E-state index contributed by atoms with van der Waals surface area (Å²) in [5.74, 6) is 2.05. The highest BCUT2D eigenvalue weighted by atomic mass is 79.9. The Labute approximate surface area is 169 Å². The summed E-state index contributed by atoms with van der Waals surface area (Å²) in [6.07, 6.45) is 1.69. The number of methoxy groups -OCH3 is 3. The second-order valence-electron chi connectivity index (χ2n) is 5.31. The molecule has 1 heterocycles. The summed E-state index contributed by atoms with van der Waals surface area (Å²) in [6.45, 7) is 0. The first-order valence-electron chi connectivity index (χ1n) is 7.96. The number of halogens is 1. The largest absolute Gasteiger partial charge is 0.496 e. The normalized spacial score (nSPS) is 10.8.